The van der Waals surface area contributed by atoms with Crippen molar-refractivity contribution in [2.75, 3.05) is 6.79 Å². The second kappa shape index (κ2) is 7.43. The summed E-state index contributed by atoms with van der Waals surface area (Å²) in [5.74, 6) is 0.736. The molecule has 0 saturated carbocycles. The van der Waals surface area contributed by atoms with Crippen LogP contribution in [0.5, 0.6) is 11.5 Å². The lowest BCUT2D eigenvalue weighted by Gasteiger charge is -2.10. The van der Waals surface area contributed by atoms with Crippen molar-refractivity contribution in [3.05, 3.63) is 87.2 Å². The molecule has 1 N–H and O–H groups in total. The predicted octanol–water partition coefficient (Wildman–Crippen LogP) is 1.04. The number of benzene rings is 2. The Hall–Kier alpha value is -3.81. The van der Waals surface area contributed by atoms with E-state index in [0.29, 0.717) is 23.7 Å². The molecule has 1 aromatic heterocycles. The molecule has 0 radical (unpaired) electrons. The highest BCUT2D eigenvalue weighted by atomic mass is 16.7. The summed E-state index contributed by atoms with van der Waals surface area (Å²) in [4.78, 5) is 37.0. The van der Waals surface area contributed by atoms with E-state index in [1.54, 1.807) is 18.2 Å². The van der Waals surface area contributed by atoms with E-state index < -0.39 is 11.1 Å². The number of ether oxygens (including phenoxy) is 2. The monoisotopic (exact) mass is 379 g/mol. The molecule has 1 amide bonds. The molecule has 0 unspecified atom stereocenters. The van der Waals surface area contributed by atoms with Crippen LogP contribution in [-0.2, 0) is 17.9 Å². The SMILES string of the molecule is O=C(Cn1ccn(-c2ccc3c(c2)OCO3)c(=O)c1=O)NCc1ccccc1. The van der Waals surface area contributed by atoms with Crippen molar-refractivity contribution in [3.63, 3.8) is 0 Å². The molecule has 0 aliphatic carbocycles. The number of nitrogens with one attached hydrogen (secondary N) is 1. The third-order valence-electron chi connectivity index (χ3n) is 4.34. The number of nitrogens with zero attached hydrogens (tertiary/aromatic N) is 2. The number of rotatable bonds is 5. The van der Waals surface area contributed by atoms with Crippen molar-refractivity contribution in [2.45, 2.75) is 13.1 Å². The molecule has 8 heteroatoms. The lowest BCUT2D eigenvalue weighted by Crippen LogP contribution is -2.42. The Balaban J connectivity index is 1.51. The number of carbonyl (C=O) groups is 1. The van der Waals surface area contributed by atoms with Gasteiger partial charge in [-0.3, -0.25) is 23.5 Å². The summed E-state index contributed by atoms with van der Waals surface area (Å²) in [5.41, 5.74) is -0.110. The molecule has 0 saturated heterocycles. The van der Waals surface area contributed by atoms with Crippen LogP contribution in [0.2, 0.25) is 0 Å². The van der Waals surface area contributed by atoms with Gasteiger partial charge in [0.2, 0.25) is 12.7 Å². The van der Waals surface area contributed by atoms with Crippen molar-refractivity contribution in [1.29, 1.82) is 0 Å². The first kappa shape index (κ1) is 17.6. The van der Waals surface area contributed by atoms with Gasteiger partial charge in [0.05, 0.1) is 5.69 Å². The van der Waals surface area contributed by atoms with Crippen molar-refractivity contribution in [3.8, 4) is 17.2 Å². The van der Waals surface area contributed by atoms with Gasteiger partial charge >= 0.3 is 11.1 Å². The van der Waals surface area contributed by atoms with Crippen LogP contribution in [-0.4, -0.2) is 21.8 Å². The van der Waals surface area contributed by atoms with E-state index in [1.807, 2.05) is 30.3 Å². The Morgan fingerprint density at radius 2 is 1.75 bits per heavy atom. The smallest absolute Gasteiger partial charge is 0.320 e. The summed E-state index contributed by atoms with van der Waals surface area (Å²) in [5, 5.41) is 2.73. The van der Waals surface area contributed by atoms with Gasteiger partial charge in [0.15, 0.2) is 11.5 Å². The summed E-state index contributed by atoms with van der Waals surface area (Å²) < 4.78 is 12.8. The molecular weight excluding hydrogens is 362 g/mol. The van der Waals surface area contributed by atoms with E-state index in [1.165, 1.54) is 17.0 Å². The molecule has 0 atom stereocenters. The molecule has 8 nitrogen and oxygen atoms in total. The Kier molecular flexibility index (Phi) is 4.67. The first-order valence-electron chi connectivity index (χ1n) is 8.64. The van der Waals surface area contributed by atoms with Crippen LogP contribution in [0.25, 0.3) is 5.69 Å². The zero-order chi connectivity index (χ0) is 19.5. The Bertz CT molecular complexity index is 1130. The van der Waals surface area contributed by atoms with Gasteiger partial charge in [-0.15, -0.1) is 0 Å². The van der Waals surface area contributed by atoms with Gasteiger partial charge in [-0.05, 0) is 17.7 Å². The summed E-state index contributed by atoms with van der Waals surface area (Å²) in [6, 6.07) is 14.4. The first-order chi connectivity index (χ1) is 13.6. The van der Waals surface area contributed by atoms with Crippen molar-refractivity contribution >= 4 is 5.91 Å². The molecule has 28 heavy (non-hydrogen) atoms. The topological polar surface area (TPSA) is 91.6 Å². The predicted molar refractivity (Wildman–Crippen MR) is 101 cm³/mol. The largest absolute Gasteiger partial charge is 0.454 e. The summed E-state index contributed by atoms with van der Waals surface area (Å²) in [7, 11) is 0. The Morgan fingerprint density at radius 1 is 0.964 bits per heavy atom. The van der Waals surface area contributed by atoms with Gasteiger partial charge < -0.3 is 14.8 Å². The second-order valence-electron chi connectivity index (χ2n) is 6.21. The molecule has 4 rings (SSSR count). The minimum absolute atomic E-state index is 0.118. The van der Waals surface area contributed by atoms with Crippen molar-refractivity contribution in [2.24, 2.45) is 0 Å². The molecule has 2 heterocycles. The maximum atomic E-state index is 12.5. The summed E-state index contributed by atoms with van der Waals surface area (Å²) in [6.45, 7) is 0.235. The van der Waals surface area contributed by atoms with Crippen molar-refractivity contribution < 1.29 is 14.3 Å². The molecule has 0 bridgehead atoms. The Labute approximate surface area is 159 Å². The van der Waals surface area contributed by atoms with E-state index in [2.05, 4.69) is 5.32 Å². The number of carbonyl (C=O) groups excluding carboxylic acids is 1. The van der Waals surface area contributed by atoms with Crippen LogP contribution in [0, 0.1) is 0 Å². The third-order valence-corrected chi connectivity index (χ3v) is 4.34. The molecule has 3 aromatic rings. The zero-order valence-electron chi connectivity index (χ0n) is 14.8. The van der Waals surface area contributed by atoms with Crippen LogP contribution >= 0.6 is 0 Å². The fraction of sp³-hybridized carbons (Fsp3) is 0.150. The second-order valence-corrected chi connectivity index (χ2v) is 6.21. The molecule has 2 aromatic carbocycles. The first-order valence-corrected chi connectivity index (χ1v) is 8.64. The molecule has 142 valence electrons. The average Bonchev–Trinajstić information content (AvgIpc) is 3.19. The van der Waals surface area contributed by atoms with E-state index >= 15 is 0 Å². The highest BCUT2D eigenvalue weighted by Gasteiger charge is 2.15. The normalized spacial score (nSPS) is 12.0. The quantitative estimate of drug-likeness (QED) is 0.669. The van der Waals surface area contributed by atoms with Gasteiger partial charge in [0.1, 0.15) is 6.54 Å². The van der Waals surface area contributed by atoms with Crippen LogP contribution in [0.15, 0.2) is 70.5 Å². The standard InChI is InChI=1S/C20H17N3O5/c24-18(21-11-14-4-2-1-3-5-14)12-22-8-9-23(20(26)19(22)25)15-6-7-16-17(10-15)28-13-27-16/h1-10H,11-13H2,(H,21,24). The number of aromatic nitrogens is 2. The molecule has 0 fully saturated rings. The van der Waals surface area contributed by atoms with Gasteiger partial charge in [-0.1, -0.05) is 30.3 Å². The van der Waals surface area contributed by atoms with E-state index in [-0.39, 0.29) is 19.2 Å². The third kappa shape index (κ3) is 3.52. The molecule has 1 aliphatic heterocycles. The minimum atomic E-state index is -0.782. The number of hydrogen-bond acceptors (Lipinski definition) is 5. The summed E-state index contributed by atoms with van der Waals surface area (Å²) in [6.07, 6.45) is 2.86. The van der Waals surface area contributed by atoms with Gasteiger partial charge in [-0.2, -0.15) is 0 Å². The minimum Gasteiger partial charge on any atom is -0.454 e. The fourth-order valence-corrected chi connectivity index (χ4v) is 2.88. The highest BCUT2D eigenvalue weighted by Crippen LogP contribution is 2.33. The van der Waals surface area contributed by atoms with Crippen LogP contribution in [0.3, 0.4) is 0 Å². The molecule has 0 spiro atoms. The van der Waals surface area contributed by atoms with Gasteiger partial charge in [-0.25, -0.2) is 0 Å². The van der Waals surface area contributed by atoms with Gasteiger partial charge in [0, 0.05) is 25.0 Å². The van der Waals surface area contributed by atoms with Crippen LogP contribution in [0.4, 0.5) is 0 Å². The zero-order valence-corrected chi connectivity index (χ0v) is 14.8. The van der Waals surface area contributed by atoms with Crippen LogP contribution < -0.4 is 25.9 Å². The number of amides is 1. The molecule has 1 aliphatic rings. The average molecular weight is 379 g/mol. The maximum absolute atomic E-state index is 12.5. The Morgan fingerprint density at radius 3 is 2.57 bits per heavy atom. The summed E-state index contributed by atoms with van der Waals surface area (Å²) >= 11 is 0. The number of fused-ring (bicyclic) bond motifs is 1. The highest BCUT2D eigenvalue weighted by molar-refractivity contribution is 5.75. The van der Waals surface area contributed by atoms with E-state index in [9.17, 15) is 14.4 Å². The lowest BCUT2D eigenvalue weighted by molar-refractivity contribution is -0.121. The van der Waals surface area contributed by atoms with Crippen LogP contribution in [0.1, 0.15) is 5.56 Å². The maximum Gasteiger partial charge on any atom is 0.320 e. The van der Waals surface area contributed by atoms with Gasteiger partial charge in [0.25, 0.3) is 0 Å². The molecular formula is C20H17N3O5. The van der Waals surface area contributed by atoms with E-state index in [0.717, 1.165) is 10.1 Å². The lowest BCUT2D eigenvalue weighted by atomic mass is 10.2. The van der Waals surface area contributed by atoms with Crippen molar-refractivity contribution in [1.82, 2.24) is 14.5 Å². The number of hydrogen-bond donors (Lipinski definition) is 1. The van der Waals surface area contributed by atoms with E-state index in [4.69, 9.17) is 9.47 Å². The fourth-order valence-electron chi connectivity index (χ4n) is 2.88.